The minimum Gasteiger partial charge on any atom is -0.496 e. The van der Waals surface area contributed by atoms with Crippen molar-refractivity contribution in [1.29, 1.82) is 0 Å². The van der Waals surface area contributed by atoms with E-state index >= 15 is 0 Å². The smallest absolute Gasteiger partial charge is 0.456 e. The number of nitrogens with zero attached hydrogens (tertiary/aromatic N) is 3. The molecule has 0 radical (unpaired) electrons. The number of hydrogen-bond donors (Lipinski definition) is 0. The molecule has 0 aliphatic rings. The first kappa shape index (κ1) is 15.5. The molecule has 9 heteroatoms. The summed E-state index contributed by atoms with van der Waals surface area (Å²) in [5.74, 6) is -1.38. The quantitative estimate of drug-likeness (QED) is 0.783. The van der Waals surface area contributed by atoms with Crippen molar-refractivity contribution in [3.05, 3.63) is 40.1 Å². The molecule has 0 bridgehead atoms. The van der Waals surface area contributed by atoms with Gasteiger partial charge in [-0.15, -0.1) is 5.10 Å². The van der Waals surface area contributed by atoms with Crippen LogP contribution in [0.25, 0.3) is 0 Å². The largest absolute Gasteiger partial charge is 0.496 e. The monoisotopic (exact) mass is 363 g/mol. The summed E-state index contributed by atoms with van der Waals surface area (Å²) in [4.78, 5) is 11.0. The summed E-state index contributed by atoms with van der Waals surface area (Å²) in [6.45, 7) is 0.181. The Bertz CT molecular complexity index is 670. The van der Waals surface area contributed by atoms with Gasteiger partial charge in [0.2, 0.25) is 0 Å². The minimum absolute atomic E-state index is 0.181. The van der Waals surface area contributed by atoms with Crippen molar-refractivity contribution in [1.82, 2.24) is 15.0 Å². The lowest BCUT2D eigenvalue weighted by molar-refractivity contribution is -0.0888. The van der Waals surface area contributed by atoms with Crippen LogP contribution in [-0.2, 0) is 6.54 Å². The maximum absolute atomic E-state index is 12.3. The van der Waals surface area contributed by atoms with Gasteiger partial charge >= 0.3 is 6.18 Å². The molecular weight excluding hydrogens is 355 g/mol. The van der Waals surface area contributed by atoms with Crippen molar-refractivity contribution < 1.29 is 22.7 Å². The summed E-state index contributed by atoms with van der Waals surface area (Å²) in [6, 6.07) is 5.18. The first-order valence-electron chi connectivity index (χ1n) is 5.65. The number of alkyl halides is 3. The van der Waals surface area contributed by atoms with Crippen molar-refractivity contribution in [3.8, 4) is 5.75 Å². The molecule has 0 aliphatic carbocycles. The number of rotatable bonds is 4. The molecular formula is C12H9BrF3N3O2. The van der Waals surface area contributed by atoms with Crippen LogP contribution < -0.4 is 4.74 Å². The lowest BCUT2D eigenvalue weighted by atomic mass is 10.2. The Morgan fingerprint density at radius 3 is 2.71 bits per heavy atom. The third-order valence-electron chi connectivity index (χ3n) is 2.59. The summed E-state index contributed by atoms with van der Waals surface area (Å²) < 4.78 is 43.7. The second-order valence-electron chi connectivity index (χ2n) is 4.10. The van der Waals surface area contributed by atoms with Crippen LogP contribution in [0.15, 0.2) is 28.9 Å². The van der Waals surface area contributed by atoms with E-state index in [1.807, 2.05) is 0 Å². The highest BCUT2D eigenvalue weighted by Crippen LogP contribution is 2.26. The predicted molar refractivity (Wildman–Crippen MR) is 70.2 cm³/mol. The molecule has 1 aromatic carbocycles. The number of ether oxygens (including phenoxy) is 1. The zero-order chi connectivity index (χ0) is 15.6. The van der Waals surface area contributed by atoms with Gasteiger partial charge in [-0.1, -0.05) is 11.3 Å². The number of aromatic nitrogens is 3. The summed E-state index contributed by atoms with van der Waals surface area (Å²) in [6.07, 6.45) is -3.99. The van der Waals surface area contributed by atoms with Gasteiger partial charge in [0.1, 0.15) is 5.75 Å². The van der Waals surface area contributed by atoms with Crippen LogP contribution >= 0.6 is 15.9 Å². The van der Waals surface area contributed by atoms with E-state index in [1.165, 1.54) is 7.11 Å². The Balaban J connectivity index is 2.16. The van der Waals surface area contributed by atoms with E-state index in [2.05, 4.69) is 26.2 Å². The lowest BCUT2D eigenvalue weighted by Crippen LogP contribution is -2.23. The number of Topliss-reactive ketones (excluding diaryl/α,β-unsaturated/α-hetero) is 1. The van der Waals surface area contributed by atoms with Crippen LogP contribution in [0.5, 0.6) is 5.75 Å². The van der Waals surface area contributed by atoms with Gasteiger partial charge in [0.05, 0.1) is 24.3 Å². The van der Waals surface area contributed by atoms with E-state index in [9.17, 15) is 18.0 Å². The molecule has 0 atom stereocenters. The van der Waals surface area contributed by atoms with Gasteiger partial charge in [0.25, 0.3) is 5.78 Å². The molecule has 0 aliphatic heterocycles. The topological polar surface area (TPSA) is 57.0 Å². The van der Waals surface area contributed by atoms with Gasteiger partial charge < -0.3 is 4.74 Å². The number of carbonyl (C=O) groups excluding carboxylic acids is 1. The average molecular weight is 364 g/mol. The Labute approximate surface area is 125 Å². The number of methoxy groups -OCH3 is 1. The summed E-state index contributed by atoms with van der Waals surface area (Å²) >= 11 is 3.30. The molecule has 2 aromatic rings. The van der Waals surface area contributed by atoms with Crippen molar-refractivity contribution in [2.24, 2.45) is 0 Å². The third kappa shape index (κ3) is 3.60. The second-order valence-corrected chi connectivity index (χ2v) is 4.95. The van der Waals surface area contributed by atoms with Crippen LogP contribution in [0, 0.1) is 0 Å². The average Bonchev–Trinajstić information content (AvgIpc) is 2.85. The molecule has 0 fully saturated rings. The lowest BCUT2D eigenvalue weighted by Gasteiger charge is -2.06. The molecule has 0 saturated heterocycles. The van der Waals surface area contributed by atoms with Gasteiger partial charge in [0.15, 0.2) is 5.69 Å². The van der Waals surface area contributed by atoms with Crippen LogP contribution in [0.3, 0.4) is 0 Å². The zero-order valence-corrected chi connectivity index (χ0v) is 12.3. The predicted octanol–water partition coefficient (Wildman–Crippen LogP) is 2.84. The molecule has 0 saturated carbocycles. The Hall–Kier alpha value is -1.90. The van der Waals surface area contributed by atoms with Gasteiger partial charge in [-0.3, -0.25) is 4.79 Å². The van der Waals surface area contributed by atoms with E-state index < -0.39 is 17.7 Å². The van der Waals surface area contributed by atoms with E-state index in [0.29, 0.717) is 10.2 Å². The Morgan fingerprint density at radius 1 is 1.43 bits per heavy atom. The zero-order valence-electron chi connectivity index (χ0n) is 10.7. The minimum atomic E-state index is -4.95. The molecule has 2 rings (SSSR count). The van der Waals surface area contributed by atoms with E-state index in [0.717, 1.165) is 16.4 Å². The number of ketones is 1. The van der Waals surface area contributed by atoms with E-state index in [1.54, 1.807) is 18.2 Å². The van der Waals surface area contributed by atoms with Crippen LogP contribution in [0.4, 0.5) is 13.2 Å². The van der Waals surface area contributed by atoms with Gasteiger partial charge in [0, 0.05) is 0 Å². The van der Waals surface area contributed by atoms with Gasteiger partial charge in [-0.2, -0.15) is 13.2 Å². The highest BCUT2D eigenvalue weighted by Gasteiger charge is 2.41. The van der Waals surface area contributed by atoms with Crippen molar-refractivity contribution >= 4 is 21.7 Å². The number of hydrogen-bond acceptors (Lipinski definition) is 4. The van der Waals surface area contributed by atoms with Crippen LogP contribution in [0.2, 0.25) is 0 Å². The molecule has 5 nitrogen and oxygen atoms in total. The molecule has 0 unspecified atom stereocenters. The number of carbonyl (C=O) groups is 1. The maximum Gasteiger partial charge on any atom is 0.456 e. The normalized spacial score (nSPS) is 11.5. The SMILES string of the molecule is COc1ccc(Cn2cc(C(=O)C(F)(F)F)nn2)cc1Br. The van der Waals surface area contributed by atoms with Gasteiger partial charge in [-0.25, -0.2) is 4.68 Å². The van der Waals surface area contributed by atoms with Crippen molar-refractivity contribution in [3.63, 3.8) is 0 Å². The first-order chi connectivity index (χ1) is 9.81. The number of halogens is 4. The number of benzene rings is 1. The Morgan fingerprint density at radius 2 is 2.14 bits per heavy atom. The highest BCUT2D eigenvalue weighted by atomic mass is 79.9. The molecule has 112 valence electrons. The standard InChI is InChI=1S/C12H9BrF3N3O2/c1-21-10-3-2-7(4-8(10)13)5-19-6-9(17-18-19)11(20)12(14,15)16/h2-4,6H,5H2,1H3. The van der Waals surface area contributed by atoms with Gasteiger partial charge in [-0.05, 0) is 33.6 Å². The fourth-order valence-electron chi connectivity index (χ4n) is 1.62. The highest BCUT2D eigenvalue weighted by molar-refractivity contribution is 9.10. The fraction of sp³-hybridized carbons (Fsp3) is 0.250. The molecule has 0 amide bonds. The van der Waals surface area contributed by atoms with Crippen LogP contribution in [0.1, 0.15) is 16.1 Å². The summed E-state index contributed by atoms with van der Waals surface area (Å²) in [5, 5.41) is 6.76. The molecule has 1 aromatic heterocycles. The van der Waals surface area contributed by atoms with Crippen molar-refractivity contribution in [2.45, 2.75) is 12.7 Å². The third-order valence-corrected chi connectivity index (χ3v) is 3.21. The Kier molecular flexibility index (Phi) is 4.31. The molecule has 0 N–H and O–H groups in total. The van der Waals surface area contributed by atoms with Crippen LogP contribution in [-0.4, -0.2) is 34.1 Å². The molecule has 21 heavy (non-hydrogen) atoms. The first-order valence-corrected chi connectivity index (χ1v) is 6.44. The molecule has 0 spiro atoms. The van der Waals surface area contributed by atoms with E-state index in [4.69, 9.17) is 4.74 Å². The second kappa shape index (κ2) is 5.84. The van der Waals surface area contributed by atoms with Crippen molar-refractivity contribution in [2.75, 3.05) is 7.11 Å². The fourth-order valence-corrected chi connectivity index (χ4v) is 2.21. The molecule has 1 heterocycles. The maximum atomic E-state index is 12.3. The summed E-state index contributed by atoms with van der Waals surface area (Å²) in [5.41, 5.74) is 0.0358. The summed E-state index contributed by atoms with van der Waals surface area (Å²) in [7, 11) is 1.52. The van der Waals surface area contributed by atoms with E-state index in [-0.39, 0.29) is 6.54 Å².